The maximum absolute atomic E-state index is 15.7. The quantitative estimate of drug-likeness (QED) is 0.120. The van der Waals surface area contributed by atoms with E-state index in [1.54, 1.807) is 24.8 Å². The van der Waals surface area contributed by atoms with Crippen LogP contribution in [0.5, 0.6) is 0 Å². The first-order chi connectivity index (χ1) is 46.8. The van der Waals surface area contributed by atoms with Gasteiger partial charge in [0.15, 0.2) is 0 Å². The van der Waals surface area contributed by atoms with E-state index in [0.717, 1.165) is 117 Å². The van der Waals surface area contributed by atoms with Crippen LogP contribution in [0, 0.1) is 11.3 Å². The third kappa shape index (κ3) is 10.6. The maximum atomic E-state index is 15.7. The van der Waals surface area contributed by atoms with E-state index >= 15 is 26.3 Å². The number of benzene rings is 10. The highest BCUT2D eigenvalue weighted by molar-refractivity contribution is 6.14. The van der Waals surface area contributed by atoms with Crippen LogP contribution in [0.2, 0.25) is 0 Å². The second-order valence-electron chi connectivity index (χ2n) is 23.5. The first kappa shape index (κ1) is 58.5. The number of fused-ring (bicyclic) bond motifs is 6. The molecular weight excluding hydrogens is 1210 g/mol. The van der Waals surface area contributed by atoms with Gasteiger partial charge in [0.2, 0.25) is 0 Å². The zero-order valence-corrected chi connectivity index (χ0v) is 50.7. The molecule has 0 saturated carbocycles. The minimum absolute atomic E-state index is 0.163. The average Bonchev–Trinajstić information content (AvgIpc) is 1.36. The molecule has 0 aliphatic rings. The van der Waals surface area contributed by atoms with Crippen LogP contribution in [-0.2, 0) is 12.4 Å². The van der Waals surface area contributed by atoms with Crippen molar-refractivity contribution in [1.29, 1.82) is 5.26 Å². The van der Waals surface area contributed by atoms with Gasteiger partial charge in [-0.05, 0) is 95.1 Å². The second kappa shape index (κ2) is 23.5. The number of rotatable bonds is 11. The first-order valence-electron chi connectivity index (χ1n) is 30.9. The van der Waals surface area contributed by atoms with E-state index < -0.39 is 40.2 Å². The Morgan fingerprint density at radius 1 is 0.281 bits per heavy atom. The third-order valence-corrected chi connectivity index (χ3v) is 17.9. The molecule has 16 aromatic rings. The highest BCUT2D eigenvalue weighted by Crippen LogP contribution is 2.49. The zero-order valence-electron chi connectivity index (χ0n) is 50.7. The van der Waals surface area contributed by atoms with Crippen molar-refractivity contribution in [2.75, 3.05) is 0 Å². The fourth-order valence-corrected chi connectivity index (χ4v) is 13.2. The highest BCUT2D eigenvalue weighted by atomic mass is 19.4. The Labute approximate surface area is 546 Å². The molecule has 0 bridgehead atoms. The summed E-state index contributed by atoms with van der Waals surface area (Å²) in [5.41, 5.74) is 10.2. The normalized spacial score (nSPS) is 11.8. The second-order valence-corrected chi connectivity index (χ2v) is 23.5. The molecule has 0 spiro atoms. The molecule has 13 heteroatoms. The fourth-order valence-electron chi connectivity index (χ4n) is 13.2. The highest BCUT2D eigenvalue weighted by Gasteiger charge is 2.42. The topological polar surface area (TPSA) is 85.2 Å². The molecule has 458 valence electrons. The predicted octanol–water partition coefficient (Wildman–Crippen LogP) is 22.4. The number of pyridine rings is 4. The molecule has 0 fully saturated rings. The Morgan fingerprint density at radius 3 is 0.823 bits per heavy atom. The molecule has 0 aliphatic heterocycles. The first-order valence-corrected chi connectivity index (χ1v) is 30.9. The summed E-state index contributed by atoms with van der Waals surface area (Å²) in [5, 5.41) is 14.5. The fraction of sp³-hybridized carbons (Fsp3) is 0.0241. The van der Waals surface area contributed by atoms with Crippen LogP contribution in [0.15, 0.2) is 298 Å². The number of aromatic nitrogens is 6. The minimum atomic E-state index is -5.30. The van der Waals surface area contributed by atoms with Gasteiger partial charge in [-0.25, -0.2) is 0 Å². The van der Waals surface area contributed by atoms with Crippen molar-refractivity contribution >= 4 is 43.6 Å². The maximum Gasteiger partial charge on any atom is 0.417 e. The average molecular weight is 1260 g/mol. The van der Waals surface area contributed by atoms with E-state index in [2.05, 4.69) is 6.07 Å². The molecule has 0 aliphatic carbocycles. The smallest absolute Gasteiger partial charge is 0.307 e. The Morgan fingerprint density at radius 2 is 0.562 bits per heavy atom. The van der Waals surface area contributed by atoms with Crippen LogP contribution >= 0.6 is 0 Å². The van der Waals surface area contributed by atoms with Crippen LogP contribution in [0.25, 0.3) is 156 Å². The van der Waals surface area contributed by atoms with Crippen LogP contribution < -0.4 is 0 Å². The number of nitriles is 1. The van der Waals surface area contributed by atoms with Crippen molar-refractivity contribution in [2.24, 2.45) is 0 Å². The summed E-state index contributed by atoms with van der Waals surface area (Å²) in [7, 11) is 0. The molecule has 0 unspecified atom stereocenters. The number of hydrogen-bond donors (Lipinski definition) is 0. The van der Waals surface area contributed by atoms with E-state index in [9.17, 15) is 5.26 Å². The molecule has 0 radical (unpaired) electrons. The van der Waals surface area contributed by atoms with Gasteiger partial charge in [0, 0.05) is 102 Å². The van der Waals surface area contributed by atoms with Gasteiger partial charge in [-0.3, -0.25) is 19.9 Å². The van der Waals surface area contributed by atoms with E-state index in [4.69, 9.17) is 19.9 Å². The monoisotopic (exact) mass is 1260 g/mol. The van der Waals surface area contributed by atoms with Crippen molar-refractivity contribution in [3.8, 4) is 118 Å². The zero-order chi connectivity index (χ0) is 65.2. The van der Waals surface area contributed by atoms with Gasteiger partial charge in [-0.15, -0.1) is 0 Å². The molecule has 96 heavy (non-hydrogen) atoms. The molecule has 6 heterocycles. The summed E-state index contributed by atoms with van der Waals surface area (Å²) in [6.45, 7) is 0. The standard InChI is InChI=1S/C83H49F6N7/c84-82(85,86)69-22-13-23-70(83(87,88)89)81(69)68-45-80(96-77-42-57(61-30-38-73(93-49-61)53-18-9-3-10-19-53)26-34-66(77)67-35-27-58(43-78(67)96)62-31-39-74(94-50-62)54-20-11-4-12-21-54)79(44-63(68)46-90)95-75-40-55(59-28-36-71(91-47-59)51-14-5-1-6-15-51)24-32-64(75)65-33-25-56(41-76(65)95)60-29-37-72(92-48-60)52-16-7-2-8-17-52/h1-45,47-50H. The lowest BCUT2D eigenvalue weighted by molar-refractivity contribution is -0.142. The van der Waals surface area contributed by atoms with Crippen molar-refractivity contribution < 1.29 is 26.3 Å². The van der Waals surface area contributed by atoms with E-state index in [0.29, 0.717) is 34.2 Å². The largest absolute Gasteiger partial charge is 0.417 e. The molecule has 10 aromatic carbocycles. The molecule has 0 amide bonds. The van der Waals surface area contributed by atoms with E-state index in [1.807, 2.05) is 252 Å². The van der Waals surface area contributed by atoms with Gasteiger partial charge in [0.25, 0.3) is 0 Å². The van der Waals surface area contributed by atoms with E-state index in [-0.39, 0.29) is 11.4 Å². The number of alkyl halides is 6. The molecule has 0 N–H and O–H groups in total. The van der Waals surface area contributed by atoms with Crippen LogP contribution in [0.3, 0.4) is 0 Å². The Bertz CT molecular complexity index is 5380. The van der Waals surface area contributed by atoms with Crippen molar-refractivity contribution in [3.05, 3.63) is 314 Å². The number of hydrogen-bond acceptors (Lipinski definition) is 5. The minimum Gasteiger partial charge on any atom is -0.307 e. The lowest BCUT2D eigenvalue weighted by Crippen LogP contribution is -2.15. The number of nitrogens with zero attached hydrogens (tertiary/aromatic N) is 7. The molecule has 0 saturated heterocycles. The van der Waals surface area contributed by atoms with Gasteiger partial charge in [-0.2, -0.15) is 31.6 Å². The molecule has 6 aromatic heterocycles. The van der Waals surface area contributed by atoms with E-state index in [1.165, 1.54) is 12.1 Å². The lowest BCUT2D eigenvalue weighted by atomic mass is 9.89. The Balaban J connectivity index is 1.02. The number of halogens is 6. The SMILES string of the molecule is N#Cc1cc(-n2c3cc(-c4ccc(-c5ccccc5)nc4)ccc3c3ccc(-c4ccc(-c5ccccc5)nc4)cc32)c(-n2c3cc(-c4ccc(-c5ccccc5)nc4)ccc3c3ccc(-c4ccc(-c5ccccc5)nc4)cc32)cc1-c1c(C(F)(F)F)cccc1C(F)(F)F. The summed E-state index contributed by atoms with van der Waals surface area (Å²) in [6, 6.07) is 85.6. The Kier molecular flexibility index (Phi) is 14.4. The molecule has 0 atom stereocenters. The predicted molar refractivity (Wildman–Crippen MR) is 370 cm³/mol. The van der Waals surface area contributed by atoms with Gasteiger partial charge in [0.05, 0.1) is 79.0 Å². The third-order valence-electron chi connectivity index (χ3n) is 17.9. The van der Waals surface area contributed by atoms with Crippen molar-refractivity contribution in [1.82, 2.24) is 29.1 Å². The van der Waals surface area contributed by atoms with Gasteiger partial charge < -0.3 is 9.13 Å². The van der Waals surface area contributed by atoms with Crippen LogP contribution in [-0.4, -0.2) is 29.1 Å². The van der Waals surface area contributed by atoms with Crippen LogP contribution in [0.1, 0.15) is 16.7 Å². The lowest BCUT2D eigenvalue weighted by Gasteiger charge is -2.23. The molecular formula is C83H49F6N7. The van der Waals surface area contributed by atoms with Crippen LogP contribution in [0.4, 0.5) is 26.3 Å². The van der Waals surface area contributed by atoms with Gasteiger partial charge >= 0.3 is 12.4 Å². The van der Waals surface area contributed by atoms with Crippen molar-refractivity contribution in [2.45, 2.75) is 12.4 Å². The van der Waals surface area contributed by atoms with Gasteiger partial charge in [0.1, 0.15) is 0 Å². The molecule has 16 rings (SSSR count). The van der Waals surface area contributed by atoms with Gasteiger partial charge in [-0.1, -0.05) is 200 Å². The summed E-state index contributed by atoms with van der Waals surface area (Å²) >= 11 is 0. The Hall–Kier alpha value is -12.5. The summed E-state index contributed by atoms with van der Waals surface area (Å²) in [5.74, 6) is 0. The van der Waals surface area contributed by atoms with Crippen molar-refractivity contribution in [3.63, 3.8) is 0 Å². The molecule has 7 nitrogen and oxygen atoms in total. The summed E-state index contributed by atoms with van der Waals surface area (Å²) in [4.78, 5) is 19.5. The summed E-state index contributed by atoms with van der Waals surface area (Å²) < 4.78 is 98.2. The summed E-state index contributed by atoms with van der Waals surface area (Å²) in [6.07, 6.45) is -3.44.